The molecule has 4 nitrogen and oxygen atoms in total. The number of nitrogens with zero attached hydrogens (tertiary/aromatic N) is 1. The van der Waals surface area contributed by atoms with Gasteiger partial charge in [-0.25, -0.2) is 0 Å². The van der Waals surface area contributed by atoms with Gasteiger partial charge >= 0.3 is 5.97 Å². The predicted octanol–water partition coefficient (Wildman–Crippen LogP) is 0.372. The molecular weight excluding hydrogens is 180 g/mol. The first-order valence-corrected chi connectivity index (χ1v) is 4.44. The molecule has 0 bridgehead atoms. The van der Waals surface area contributed by atoms with Gasteiger partial charge in [-0.1, -0.05) is 6.07 Å². The Hall–Kier alpha value is -1.42. The van der Waals surface area contributed by atoms with Crippen LogP contribution in [-0.4, -0.2) is 24.6 Å². The van der Waals surface area contributed by atoms with E-state index in [-0.39, 0.29) is 11.9 Å². The minimum atomic E-state index is -0.274. The quantitative estimate of drug-likeness (QED) is 0.703. The van der Waals surface area contributed by atoms with E-state index in [9.17, 15) is 4.79 Å². The summed E-state index contributed by atoms with van der Waals surface area (Å²) >= 11 is 0. The maximum atomic E-state index is 11.2. The van der Waals surface area contributed by atoms with Crippen LogP contribution >= 0.6 is 0 Å². The van der Waals surface area contributed by atoms with Crippen LogP contribution < -0.4 is 5.73 Å². The highest BCUT2D eigenvalue weighted by Crippen LogP contribution is 2.07. The number of ether oxygens (including phenoxy) is 1. The van der Waals surface area contributed by atoms with Crippen LogP contribution in [0.5, 0.6) is 0 Å². The number of hydrogen-bond donors (Lipinski definition) is 1. The van der Waals surface area contributed by atoms with E-state index in [1.54, 1.807) is 12.4 Å². The fourth-order valence-corrected chi connectivity index (χ4v) is 1.23. The molecule has 0 spiro atoms. The average Bonchev–Trinajstić information content (AvgIpc) is 2.26. The lowest BCUT2D eigenvalue weighted by Gasteiger charge is -2.11. The van der Waals surface area contributed by atoms with Gasteiger partial charge in [0, 0.05) is 18.9 Å². The van der Waals surface area contributed by atoms with Crippen molar-refractivity contribution in [3.05, 3.63) is 30.1 Å². The molecule has 0 radical (unpaired) electrons. The van der Waals surface area contributed by atoms with Gasteiger partial charge in [-0.05, 0) is 18.1 Å². The Bertz CT molecular complexity index is 287. The Morgan fingerprint density at radius 3 is 3.00 bits per heavy atom. The highest BCUT2D eigenvalue weighted by atomic mass is 16.5. The van der Waals surface area contributed by atoms with Crippen molar-refractivity contribution >= 4 is 5.97 Å². The molecule has 0 saturated heterocycles. The Balaban J connectivity index is 2.62. The minimum absolute atomic E-state index is 0.267. The monoisotopic (exact) mass is 194 g/mol. The van der Waals surface area contributed by atoms with Crippen LogP contribution in [0.3, 0.4) is 0 Å². The normalized spacial score (nSPS) is 12.1. The highest BCUT2D eigenvalue weighted by Gasteiger charge is 2.17. The maximum absolute atomic E-state index is 11.2. The van der Waals surface area contributed by atoms with E-state index in [4.69, 9.17) is 5.73 Å². The fraction of sp³-hybridized carbons (Fsp3) is 0.400. The van der Waals surface area contributed by atoms with Gasteiger partial charge in [0.2, 0.25) is 0 Å². The lowest BCUT2D eigenvalue weighted by Crippen LogP contribution is -2.26. The molecule has 1 atom stereocenters. The van der Waals surface area contributed by atoms with Crippen molar-refractivity contribution in [3.8, 4) is 0 Å². The number of hydrogen-bond acceptors (Lipinski definition) is 4. The van der Waals surface area contributed by atoms with Gasteiger partial charge in [0.15, 0.2) is 0 Å². The summed E-state index contributed by atoms with van der Waals surface area (Å²) in [6.45, 7) is 0.293. The molecule has 76 valence electrons. The number of methoxy groups -OCH3 is 1. The van der Waals surface area contributed by atoms with Gasteiger partial charge in [-0.2, -0.15) is 0 Å². The van der Waals surface area contributed by atoms with E-state index >= 15 is 0 Å². The summed E-state index contributed by atoms with van der Waals surface area (Å²) in [5.74, 6) is -0.541. The number of nitrogens with two attached hydrogens (primary N) is 1. The van der Waals surface area contributed by atoms with Crippen LogP contribution in [0.25, 0.3) is 0 Å². The zero-order valence-electron chi connectivity index (χ0n) is 8.14. The second-order valence-electron chi connectivity index (χ2n) is 3.02. The summed E-state index contributed by atoms with van der Waals surface area (Å²) < 4.78 is 4.64. The minimum Gasteiger partial charge on any atom is -0.469 e. The highest BCUT2D eigenvalue weighted by molar-refractivity contribution is 5.72. The molecule has 1 unspecified atom stereocenters. The van der Waals surface area contributed by atoms with Crippen molar-refractivity contribution in [2.24, 2.45) is 11.7 Å². The molecule has 4 heteroatoms. The van der Waals surface area contributed by atoms with Gasteiger partial charge in [0.05, 0.1) is 13.0 Å². The summed E-state index contributed by atoms with van der Waals surface area (Å²) in [5, 5.41) is 0. The van der Waals surface area contributed by atoms with Gasteiger partial charge in [0.1, 0.15) is 0 Å². The third-order valence-corrected chi connectivity index (χ3v) is 2.02. The number of carbonyl (C=O) groups is 1. The largest absolute Gasteiger partial charge is 0.469 e. The summed E-state index contributed by atoms with van der Waals surface area (Å²) in [4.78, 5) is 15.2. The lowest BCUT2D eigenvalue weighted by molar-refractivity contribution is -0.145. The Labute approximate surface area is 83.1 Å². The van der Waals surface area contributed by atoms with Crippen molar-refractivity contribution in [1.82, 2.24) is 4.98 Å². The molecule has 1 heterocycles. The van der Waals surface area contributed by atoms with Gasteiger partial charge in [-0.15, -0.1) is 0 Å². The fourth-order valence-electron chi connectivity index (χ4n) is 1.23. The molecule has 0 amide bonds. The molecule has 14 heavy (non-hydrogen) atoms. The zero-order valence-corrected chi connectivity index (χ0v) is 8.14. The first-order valence-electron chi connectivity index (χ1n) is 4.44. The SMILES string of the molecule is COC(=O)C(CN)Cc1cccnc1. The molecule has 0 aromatic carbocycles. The zero-order chi connectivity index (χ0) is 10.4. The average molecular weight is 194 g/mol. The van der Waals surface area contributed by atoms with E-state index in [1.165, 1.54) is 7.11 Å². The molecular formula is C10H14N2O2. The van der Waals surface area contributed by atoms with Crippen LogP contribution in [-0.2, 0) is 16.0 Å². The number of carbonyl (C=O) groups excluding carboxylic acids is 1. The number of rotatable bonds is 4. The standard InChI is InChI=1S/C10H14N2O2/c1-14-10(13)9(6-11)5-8-3-2-4-12-7-8/h2-4,7,9H,5-6,11H2,1H3. The lowest BCUT2D eigenvalue weighted by atomic mass is 10.0. The molecule has 0 saturated carbocycles. The Morgan fingerprint density at radius 2 is 2.50 bits per heavy atom. The number of pyridine rings is 1. The van der Waals surface area contributed by atoms with Crippen LogP contribution in [0.1, 0.15) is 5.56 Å². The molecule has 0 aliphatic rings. The van der Waals surface area contributed by atoms with Gasteiger partial charge in [-0.3, -0.25) is 9.78 Å². The van der Waals surface area contributed by atoms with E-state index in [0.717, 1.165) is 5.56 Å². The molecule has 0 aliphatic heterocycles. The molecule has 1 aromatic heterocycles. The van der Waals surface area contributed by atoms with Crippen molar-refractivity contribution in [2.45, 2.75) is 6.42 Å². The van der Waals surface area contributed by atoms with Crippen LogP contribution in [0, 0.1) is 5.92 Å². The molecule has 0 fully saturated rings. The second-order valence-corrected chi connectivity index (χ2v) is 3.02. The Kier molecular flexibility index (Phi) is 4.07. The topological polar surface area (TPSA) is 65.2 Å². The van der Waals surface area contributed by atoms with E-state index < -0.39 is 0 Å². The Morgan fingerprint density at radius 1 is 1.71 bits per heavy atom. The first kappa shape index (κ1) is 10.7. The van der Waals surface area contributed by atoms with E-state index in [0.29, 0.717) is 13.0 Å². The summed E-state index contributed by atoms with van der Waals surface area (Å²) in [5.41, 5.74) is 6.47. The predicted molar refractivity (Wildman–Crippen MR) is 52.5 cm³/mol. The van der Waals surface area contributed by atoms with Crippen LogP contribution in [0.2, 0.25) is 0 Å². The molecule has 1 rings (SSSR count). The smallest absolute Gasteiger partial charge is 0.310 e. The maximum Gasteiger partial charge on any atom is 0.310 e. The van der Waals surface area contributed by atoms with Gasteiger partial charge < -0.3 is 10.5 Å². The molecule has 2 N–H and O–H groups in total. The van der Waals surface area contributed by atoms with Gasteiger partial charge in [0.25, 0.3) is 0 Å². The van der Waals surface area contributed by atoms with Crippen LogP contribution in [0.15, 0.2) is 24.5 Å². The second kappa shape index (κ2) is 5.34. The van der Waals surface area contributed by atoms with E-state index in [1.807, 2.05) is 12.1 Å². The third kappa shape index (κ3) is 2.81. The number of esters is 1. The van der Waals surface area contributed by atoms with E-state index in [2.05, 4.69) is 9.72 Å². The van der Waals surface area contributed by atoms with Crippen LogP contribution in [0.4, 0.5) is 0 Å². The first-order chi connectivity index (χ1) is 6.77. The van der Waals surface area contributed by atoms with Crippen molar-refractivity contribution in [2.75, 3.05) is 13.7 Å². The summed E-state index contributed by atoms with van der Waals surface area (Å²) in [6, 6.07) is 3.75. The summed E-state index contributed by atoms with van der Waals surface area (Å²) in [6.07, 6.45) is 4.00. The van der Waals surface area contributed by atoms with Crippen molar-refractivity contribution in [3.63, 3.8) is 0 Å². The summed E-state index contributed by atoms with van der Waals surface area (Å²) in [7, 11) is 1.37. The third-order valence-electron chi connectivity index (χ3n) is 2.02. The van der Waals surface area contributed by atoms with Crippen molar-refractivity contribution in [1.29, 1.82) is 0 Å². The number of aromatic nitrogens is 1. The molecule has 0 aliphatic carbocycles. The van der Waals surface area contributed by atoms with Crippen molar-refractivity contribution < 1.29 is 9.53 Å². The molecule has 1 aromatic rings.